The van der Waals surface area contributed by atoms with Crippen molar-refractivity contribution in [2.75, 3.05) is 19.6 Å². The zero-order valence-corrected chi connectivity index (χ0v) is 20.3. The van der Waals surface area contributed by atoms with Crippen LogP contribution in [0.25, 0.3) is 0 Å². The van der Waals surface area contributed by atoms with Crippen molar-refractivity contribution in [3.05, 3.63) is 58.0 Å². The highest BCUT2D eigenvalue weighted by atomic mass is 127. The third kappa shape index (κ3) is 7.46. The summed E-state index contributed by atoms with van der Waals surface area (Å²) in [6.07, 6.45) is 2.26. The Hall–Kier alpha value is -1.55. The van der Waals surface area contributed by atoms with Crippen LogP contribution in [0.3, 0.4) is 0 Å². The van der Waals surface area contributed by atoms with Gasteiger partial charge in [0.05, 0.1) is 12.3 Å². The van der Waals surface area contributed by atoms with Gasteiger partial charge in [-0.05, 0) is 44.9 Å². The minimum Gasteiger partial charge on any atom is -0.459 e. The minimum atomic E-state index is -0.186. The first-order chi connectivity index (χ1) is 13.0. The van der Waals surface area contributed by atoms with E-state index in [2.05, 4.69) is 49.9 Å². The van der Waals surface area contributed by atoms with Gasteiger partial charge in [0.1, 0.15) is 0 Å². The predicted octanol–water partition coefficient (Wildman–Crippen LogP) is 4.40. The lowest BCUT2D eigenvalue weighted by Gasteiger charge is -2.19. The Morgan fingerprint density at radius 2 is 2.00 bits per heavy atom. The molecule has 28 heavy (non-hydrogen) atoms. The third-order valence-corrected chi connectivity index (χ3v) is 4.75. The summed E-state index contributed by atoms with van der Waals surface area (Å²) >= 11 is 3.59. The Kier molecular flexibility index (Phi) is 11.2. The molecule has 0 aliphatic heterocycles. The smallest absolute Gasteiger partial charge is 0.287 e. The molecular weight excluding hydrogens is 535 g/mol. The topological polar surface area (TPSA) is 78.7 Å². The van der Waals surface area contributed by atoms with Gasteiger partial charge in [0.25, 0.3) is 5.91 Å². The average Bonchev–Trinajstić information content (AvgIpc) is 3.07. The van der Waals surface area contributed by atoms with E-state index in [1.807, 2.05) is 32.0 Å². The average molecular weight is 563 g/mol. The molecular formula is C20H28BrIN4O2. The number of carbonyl (C=O) groups is 1. The Labute approximate surface area is 192 Å². The van der Waals surface area contributed by atoms with Gasteiger partial charge in [0.2, 0.25) is 0 Å². The van der Waals surface area contributed by atoms with Gasteiger partial charge in [0, 0.05) is 29.7 Å². The maximum absolute atomic E-state index is 12.0. The first kappa shape index (κ1) is 24.5. The number of nitrogens with zero attached hydrogens (tertiary/aromatic N) is 1. The van der Waals surface area contributed by atoms with Crippen LogP contribution in [0.1, 0.15) is 48.0 Å². The lowest BCUT2D eigenvalue weighted by atomic mass is 10.1. The van der Waals surface area contributed by atoms with E-state index in [0.29, 0.717) is 18.8 Å². The molecule has 1 atom stereocenters. The van der Waals surface area contributed by atoms with Gasteiger partial charge in [-0.3, -0.25) is 9.79 Å². The molecule has 1 amide bonds. The Bertz CT molecular complexity index is 779. The van der Waals surface area contributed by atoms with Gasteiger partial charge in [0.15, 0.2) is 11.7 Å². The fourth-order valence-electron chi connectivity index (χ4n) is 2.59. The molecule has 1 unspecified atom stereocenters. The van der Waals surface area contributed by atoms with Crippen LogP contribution >= 0.6 is 39.9 Å². The Morgan fingerprint density at radius 1 is 1.25 bits per heavy atom. The molecule has 2 aromatic rings. The van der Waals surface area contributed by atoms with E-state index in [4.69, 9.17) is 4.42 Å². The summed E-state index contributed by atoms with van der Waals surface area (Å²) in [6.45, 7) is 7.91. The molecule has 2 rings (SSSR count). The van der Waals surface area contributed by atoms with Crippen molar-refractivity contribution >= 4 is 51.8 Å². The van der Waals surface area contributed by atoms with Crippen molar-refractivity contribution in [1.29, 1.82) is 0 Å². The molecule has 0 radical (unpaired) electrons. The van der Waals surface area contributed by atoms with Gasteiger partial charge in [-0.25, -0.2) is 0 Å². The summed E-state index contributed by atoms with van der Waals surface area (Å²) in [7, 11) is 0. The molecule has 0 saturated carbocycles. The molecule has 0 saturated heterocycles. The number of halogens is 2. The minimum absolute atomic E-state index is 0. The Morgan fingerprint density at radius 3 is 2.64 bits per heavy atom. The molecule has 6 nitrogen and oxygen atoms in total. The van der Waals surface area contributed by atoms with Crippen molar-refractivity contribution in [3.8, 4) is 0 Å². The number of hydrogen-bond acceptors (Lipinski definition) is 3. The molecule has 0 aliphatic rings. The molecule has 0 fully saturated rings. The van der Waals surface area contributed by atoms with Crippen LogP contribution in [0.2, 0.25) is 0 Å². The van der Waals surface area contributed by atoms with E-state index in [9.17, 15) is 4.79 Å². The molecule has 0 aliphatic carbocycles. The van der Waals surface area contributed by atoms with Gasteiger partial charge >= 0.3 is 0 Å². The standard InChI is InChI=1S/C20H27BrN4O2.HI/c1-4-22-20(25-15(3)16-8-5-6-9-17(16)21)24-12-7-11-23-19(26)18-14(2)10-13-27-18;/h5-6,8-10,13,15H,4,7,11-12H2,1-3H3,(H,23,26)(H2,22,24,25);1H. The van der Waals surface area contributed by atoms with Gasteiger partial charge in [-0.15, -0.1) is 24.0 Å². The number of benzene rings is 1. The summed E-state index contributed by atoms with van der Waals surface area (Å²) in [5, 5.41) is 9.52. The molecule has 8 heteroatoms. The maximum atomic E-state index is 12.0. The van der Waals surface area contributed by atoms with E-state index in [1.54, 1.807) is 6.07 Å². The van der Waals surface area contributed by atoms with Gasteiger partial charge < -0.3 is 20.4 Å². The van der Waals surface area contributed by atoms with Crippen LogP contribution in [-0.4, -0.2) is 31.5 Å². The molecule has 1 aromatic heterocycles. The first-order valence-corrected chi connectivity index (χ1v) is 9.93. The second-order valence-corrected chi connectivity index (χ2v) is 7.04. The highest BCUT2D eigenvalue weighted by Gasteiger charge is 2.12. The zero-order chi connectivity index (χ0) is 19.6. The first-order valence-electron chi connectivity index (χ1n) is 9.14. The second kappa shape index (κ2) is 12.8. The van der Waals surface area contributed by atoms with E-state index in [0.717, 1.165) is 29.0 Å². The quantitative estimate of drug-likeness (QED) is 0.193. The van der Waals surface area contributed by atoms with Crippen molar-refractivity contribution < 1.29 is 9.21 Å². The SMILES string of the molecule is CCNC(=NCCCNC(=O)c1occc1C)NC(C)c1ccccc1Br.I. The van der Waals surface area contributed by atoms with Crippen LogP contribution < -0.4 is 16.0 Å². The van der Waals surface area contributed by atoms with Crippen LogP contribution in [0.5, 0.6) is 0 Å². The number of aliphatic imine (C=N–C) groups is 1. The molecule has 1 heterocycles. The van der Waals surface area contributed by atoms with Crippen molar-refractivity contribution in [2.24, 2.45) is 4.99 Å². The zero-order valence-electron chi connectivity index (χ0n) is 16.4. The molecule has 154 valence electrons. The van der Waals surface area contributed by atoms with Crippen molar-refractivity contribution in [3.63, 3.8) is 0 Å². The summed E-state index contributed by atoms with van der Waals surface area (Å²) in [5.41, 5.74) is 2.01. The maximum Gasteiger partial charge on any atom is 0.287 e. The fraction of sp³-hybridized carbons (Fsp3) is 0.400. The molecule has 1 aromatic carbocycles. The fourth-order valence-corrected chi connectivity index (χ4v) is 3.21. The highest BCUT2D eigenvalue weighted by molar-refractivity contribution is 14.0. The molecule has 3 N–H and O–H groups in total. The number of aryl methyl sites for hydroxylation is 1. The highest BCUT2D eigenvalue weighted by Crippen LogP contribution is 2.22. The van der Waals surface area contributed by atoms with Gasteiger partial charge in [-0.1, -0.05) is 34.1 Å². The number of rotatable bonds is 8. The van der Waals surface area contributed by atoms with Crippen LogP contribution in [0.4, 0.5) is 0 Å². The number of furan rings is 1. The lowest BCUT2D eigenvalue weighted by molar-refractivity contribution is 0.0925. The van der Waals surface area contributed by atoms with Crippen molar-refractivity contribution in [1.82, 2.24) is 16.0 Å². The van der Waals surface area contributed by atoms with Crippen molar-refractivity contribution in [2.45, 2.75) is 33.2 Å². The summed E-state index contributed by atoms with van der Waals surface area (Å²) < 4.78 is 6.25. The number of hydrogen-bond donors (Lipinski definition) is 3. The largest absolute Gasteiger partial charge is 0.459 e. The van der Waals surface area contributed by atoms with Gasteiger partial charge in [-0.2, -0.15) is 0 Å². The summed E-state index contributed by atoms with van der Waals surface area (Å²) in [5.74, 6) is 0.943. The predicted molar refractivity (Wildman–Crippen MR) is 127 cm³/mol. The third-order valence-electron chi connectivity index (χ3n) is 4.03. The van der Waals surface area contributed by atoms with Crippen LogP contribution in [0, 0.1) is 6.92 Å². The van der Waals surface area contributed by atoms with Crippen LogP contribution in [-0.2, 0) is 0 Å². The normalized spacial score (nSPS) is 12.1. The lowest BCUT2D eigenvalue weighted by Crippen LogP contribution is -2.39. The van der Waals surface area contributed by atoms with E-state index >= 15 is 0 Å². The van der Waals surface area contributed by atoms with E-state index in [1.165, 1.54) is 11.8 Å². The molecule has 0 bridgehead atoms. The monoisotopic (exact) mass is 562 g/mol. The number of carbonyl (C=O) groups excluding carboxylic acids is 1. The summed E-state index contributed by atoms with van der Waals surface area (Å²) in [6, 6.07) is 10.0. The second-order valence-electron chi connectivity index (χ2n) is 6.19. The Balaban J connectivity index is 0.00000392. The number of amides is 1. The summed E-state index contributed by atoms with van der Waals surface area (Å²) in [4.78, 5) is 16.6. The number of guanidine groups is 1. The van der Waals surface area contributed by atoms with Crippen LogP contribution in [0.15, 0.2) is 50.5 Å². The number of nitrogens with one attached hydrogen (secondary N) is 3. The molecule has 0 spiro atoms. The van der Waals surface area contributed by atoms with E-state index < -0.39 is 0 Å². The van der Waals surface area contributed by atoms with E-state index in [-0.39, 0.29) is 35.9 Å².